The number of hydrogen-bond acceptors (Lipinski definition) is 5. The summed E-state index contributed by atoms with van der Waals surface area (Å²) in [5.74, 6) is -1.76. The highest BCUT2D eigenvalue weighted by molar-refractivity contribution is 6.02. The monoisotopic (exact) mass is 353 g/mol. The molecule has 0 bridgehead atoms. The number of benzene rings is 2. The summed E-state index contributed by atoms with van der Waals surface area (Å²) in [7, 11) is 1.25. The van der Waals surface area contributed by atoms with Crippen LogP contribution in [-0.4, -0.2) is 31.6 Å². The van der Waals surface area contributed by atoms with Crippen LogP contribution in [0.4, 0.5) is 5.69 Å². The first kappa shape index (κ1) is 18.9. The topological polar surface area (TPSA) is 81.7 Å². The van der Waals surface area contributed by atoms with Crippen molar-refractivity contribution >= 4 is 29.6 Å². The molecule has 0 radical (unpaired) electrons. The number of ether oxygens (including phenoxy) is 2. The summed E-state index contributed by atoms with van der Waals surface area (Å²) in [5, 5.41) is 2.52. The zero-order valence-corrected chi connectivity index (χ0v) is 14.5. The van der Waals surface area contributed by atoms with Gasteiger partial charge >= 0.3 is 11.9 Å². The molecule has 0 aliphatic heterocycles. The molecule has 0 aliphatic rings. The minimum atomic E-state index is -0.635. The second kappa shape index (κ2) is 9.17. The third-order valence-corrected chi connectivity index (χ3v) is 3.54. The van der Waals surface area contributed by atoms with Crippen molar-refractivity contribution in [3.63, 3.8) is 0 Å². The molecule has 0 fully saturated rings. The van der Waals surface area contributed by atoms with Gasteiger partial charge in [0.25, 0.3) is 5.91 Å². The highest BCUT2D eigenvalue weighted by Gasteiger charge is 2.13. The number of carbonyl (C=O) groups excluding carboxylic acids is 3. The molecule has 0 heterocycles. The fourth-order valence-electron chi connectivity index (χ4n) is 2.18. The van der Waals surface area contributed by atoms with E-state index in [1.165, 1.54) is 19.3 Å². The molecule has 0 unspecified atom stereocenters. The first-order valence-corrected chi connectivity index (χ1v) is 7.89. The van der Waals surface area contributed by atoms with Gasteiger partial charge in [-0.2, -0.15) is 0 Å². The van der Waals surface area contributed by atoms with E-state index < -0.39 is 24.5 Å². The third kappa shape index (κ3) is 5.31. The average molecular weight is 353 g/mol. The largest absolute Gasteiger partial charge is 0.465 e. The number of hydrogen-bond donors (Lipinski definition) is 1. The summed E-state index contributed by atoms with van der Waals surface area (Å²) in [4.78, 5) is 35.3. The molecule has 2 aromatic carbocycles. The first-order valence-electron chi connectivity index (χ1n) is 7.89. The number of anilines is 1. The molecular formula is C20H19NO5. The quantitative estimate of drug-likeness (QED) is 0.638. The van der Waals surface area contributed by atoms with E-state index in [2.05, 4.69) is 10.1 Å². The van der Waals surface area contributed by atoms with E-state index >= 15 is 0 Å². The summed E-state index contributed by atoms with van der Waals surface area (Å²) < 4.78 is 9.57. The van der Waals surface area contributed by atoms with Crippen LogP contribution in [0, 0.1) is 6.92 Å². The number of carbonyl (C=O) groups is 3. The van der Waals surface area contributed by atoms with E-state index in [9.17, 15) is 14.4 Å². The van der Waals surface area contributed by atoms with Gasteiger partial charge in [-0.1, -0.05) is 36.4 Å². The average Bonchev–Trinajstić information content (AvgIpc) is 2.65. The summed E-state index contributed by atoms with van der Waals surface area (Å²) in [6.45, 7) is 1.46. The van der Waals surface area contributed by atoms with Crippen molar-refractivity contribution < 1.29 is 23.9 Å². The zero-order valence-electron chi connectivity index (χ0n) is 14.5. The maximum atomic E-state index is 11.9. The van der Waals surface area contributed by atoms with Gasteiger partial charge in [-0.25, -0.2) is 9.59 Å². The normalized spacial score (nSPS) is 10.4. The summed E-state index contributed by atoms with van der Waals surface area (Å²) >= 11 is 0. The zero-order chi connectivity index (χ0) is 18.9. The predicted octanol–water partition coefficient (Wildman–Crippen LogP) is 2.98. The number of para-hydroxylation sites is 1. The Labute approximate surface area is 151 Å². The van der Waals surface area contributed by atoms with Gasteiger partial charge in [0, 0.05) is 6.08 Å². The number of nitrogens with one attached hydrogen (secondary N) is 1. The summed E-state index contributed by atoms with van der Waals surface area (Å²) in [5.41, 5.74) is 2.42. The SMILES string of the molecule is COC(=O)c1ccccc1NC(=O)COC(=O)/C=C/c1ccccc1C. The molecule has 2 rings (SSSR count). The van der Waals surface area contributed by atoms with Crippen LogP contribution in [0.3, 0.4) is 0 Å². The van der Waals surface area contributed by atoms with Crippen LogP contribution in [0.25, 0.3) is 6.08 Å². The van der Waals surface area contributed by atoms with Crippen molar-refractivity contribution in [2.45, 2.75) is 6.92 Å². The van der Waals surface area contributed by atoms with Crippen molar-refractivity contribution in [2.75, 3.05) is 19.0 Å². The van der Waals surface area contributed by atoms with Gasteiger partial charge < -0.3 is 14.8 Å². The molecule has 0 atom stereocenters. The van der Waals surface area contributed by atoms with Crippen molar-refractivity contribution in [1.29, 1.82) is 0 Å². The Bertz CT molecular complexity index is 842. The number of methoxy groups -OCH3 is 1. The van der Waals surface area contributed by atoms with Crippen LogP contribution in [0.2, 0.25) is 0 Å². The van der Waals surface area contributed by atoms with Crippen LogP contribution in [0.1, 0.15) is 21.5 Å². The lowest BCUT2D eigenvalue weighted by molar-refractivity contribution is -0.142. The van der Waals surface area contributed by atoms with E-state index in [1.54, 1.807) is 24.3 Å². The number of rotatable bonds is 6. The van der Waals surface area contributed by atoms with E-state index in [4.69, 9.17) is 4.74 Å². The molecule has 0 saturated heterocycles. The lowest BCUT2D eigenvalue weighted by atomic mass is 10.1. The van der Waals surface area contributed by atoms with E-state index in [0.29, 0.717) is 0 Å². The highest BCUT2D eigenvalue weighted by Crippen LogP contribution is 2.16. The minimum absolute atomic E-state index is 0.217. The Hall–Kier alpha value is -3.41. The lowest BCUT2D eigenvalue weighted by Gasteiger charge is -2.09. The summed E-state index contributed by atoms with van der Waals surface area (Å²) in [6.07, 6.45) is 2.89. The smallest absolute Gasteiger partial charge is 0.339 e. The van der Waals surface area contributed by atoms with E-state index in [-0.39, 0.29) is 11.3 Å². The molecule has 0 aromatic heterocycles. The van der Waals surface area contributed by atoms with Gasteiger partial charge in [-0.15, -0.1) is 0 Å². The lowest BCUT2D eigenvalue weighted by Crippen LogP contribution is -2.21. The van der Waals surface area contributed by atoms with Crippen LogP contribution >= 0.6 is 0 Å². The van der Waals surface area contributed by atoms with Crippen molar-refractivity contribution in [1.82, 2.24) is 0 Å². The molecule has 2 aromatic rings. The van der Waals surface area contributed by atoms with Crippen molar-refractivity contribution in [3.8, 4) is 0 Å². The first-order chi connectivity index (χ1) is 12.5. The van der Waals surface area contributed by atoms with Gasteiger partial charge in [0.15, 0.2) is 6.61 Å². The Kier molecular flexibility index (Phi) is 6.68. The van der Waals surface area contributed by atoms with Crippen LogP contribution < -0.4 is 5.32 Å². The van der Waals surface area contributed by atoms with Gasteiger partial charge in [0.2, 0.25) is 0 Å². The summed E-state index contributed by atoms with van der Waals surface area (Å²) in [6, 6.07) is 14.0. The molecule has 1 N–H and O–H groups in total. The Balaban J connectivity index is 1.90. The number of amides is 1. The molecule has 6 heteroatoms. The van der Waals surface area contributed by atoms with Gasteiger partial charge in [0.1, 0.15) is 0 Å². The molecule has 0 saturated carbocycles. The van der Waals surface area contributed by atoms with E-state index in [0.717, 1.165) is 11.1 Å². The predicted molar refractivity (Wildman–Crippen MR) is 97.6 cm³/mol. The van der Waals surface area contributed by atoms with Crippen LogP contribution in [0.5, 0.6) is 0 Å². The van der Waals surface area contributed by atoms with Crippen molar-refractivity contribution in [3.05, 3.63) is 71.3 Å². The second-order valence-corrected chi connectivity index (χ2v) is 5.38. The van der Waals surface area contributed by atoms with Crippen LogP contribution in [-0.2, 0) is 19.1 Å². The van der Waals surface area contributed by atoms with Gasteiger partial charge in [-0.3, -0.25) is 4.79 Å². The van der Waals surface area contributed by atoms with Gasteiger partial charge in [0.05, 0.1) is 18.4 Å². The highest BCUT2D eigenvalue weighted by atomic mass is 16.5. The molecular weight excluding hydrogens is 334 g/mol. The molecule has 134 valence electrons. The Morgan fingerprint density at radius 1 is 1.04 bits per heavy atom. The second-order valence-electron chi connectivity index (χ2n) is 5.38. The molecule has 0 aliphatic carbocycles. The van der Waals surface area contributed by atoms with E-state index in [1.807, 2.05) is 31.2 Å². The fourth-order valence-corrected chi connectivity index (χ4v) is 2.18. The number of esters is 2. The Morgan fingerprint density at radius 3 is 2.46 bits per heavy atom. The Morgan fingerprint density at radius 2 is 1.73 bits per heavy atom. The fraction of sp³-hybridized carbons (Fsp3) is 0.150. The molecule has 0 spiro atoms. The van der Waals surface area contributed by atoms with Gasteiger partial charge in [-0.05, 0) is 36.3 Å². The maximum absolute atomic E-state index is 11.9. The molecule has 26 heavy (non-hydrogen) atoms. The molecule has 1 amide bonds. The standard InChI is InChI=1S/C20H19NO5/c1-14-7-3-4-8-15(14)11-12-19(23)26-13-18(22)21-17-10-6-5-9-16(17)20(24)25-2/h3-12H,13H2,1-2H3,(H,21,22)/b12-11+. The van der Waals surface area contributed by atoms with Crippen LogP contribution in [0.15, 0.2) is 54.6 Å². The van der Waals surface area contributed by atoms with Crippen molar-refractivity contribution in [2.24, 2.45) is 0 Å². The molecule has 6 nitrogen and oxygen atoms in total. The third-order valence-electron chi connectivity index (χ3n) is 3.54. The maximum Gasteiger partial charge on any atom is 0.339 e. The number of aryl methyl sites for hydroxylation is 1. The minimum Gasteiger partial charge on any atom is -0.465 e.